The smallest absolute Gasteiger partial charge is 0.243 e. The van der Waals surface area contributed by atoms with Gasteiger partial charge in [0.05, 0.1) is 12.8 Å². The lowest BCUT2D eigenvalue weighted by Crippen LogP contribution is -2.40. The standard InChI is InChI=1S/C14H21ClN4OS/c1-4-19-7-5-6-10(19)8-16-14(21)11-13(20-3)17-9(2)12(15)18-11/h10H,4-8H2,1-3H3,(H,16,21). The first-order chi connectivity index (χ1) is 10.1. The second-order valence-corrected chi connectivity index (χ2v) is 5.86. The summed E-state index contributed by atoms with van der Waals surface area (Å²) in [7, 11) is 1.55. The molecule has 0 aromatic carbocycles. The first kappa shape index (κ1) is 16.4. The van der Waals surface area contributed by atoms with E-state index in [4.69, 9.17) is 28.6 Å². The van der Waals surface area contributed by atoms with Crippen LogP contribution in [0.1, 0.15) is 31.2 Å². The van der Waals surface area contributed by atoms with Crippen LogP contribution in [0, 0.1) is 6.92 Å². The number of ether oxygens (including phenoxy) is 1. The van der Waals surface area contributed by atoms with Gasteiger partial charge in [-0.2, -0.15) is 0 Å². The van der Waals surface area contributed by atoms with Gasteiger partial charge in [0.2, 0.25) is 5.88 Å². The molecular formula is C14H21ClN4OS. The minimum atomic E-state index is 0.353. The molecule has 2 rings (SSSR count). The number of hydrogen-bond acceptors (Lipinski definition) is 5. The van der Waals surface area contributed by atoms with E-state index in [0.29, 0.717) is 33.5 Å². The van der Waals surface area contributed by atoms with Gasteiger partial charge in [0, 0.05) is 12.6 Å². The van der Waals surface area contributed by atoms with E-state index in [2.05, 4.69) is 27.1 Å². The second-order valence-electron chi connectivity index (χ2n) is 5.09. The zero-order chi connectivity index (χ0) is 15.4. The Kier molecular flexibility index (Phi) is 5.72. The summed E-state index contributed by atoms with van der Waals surface area (Å²) in [6.07, 6.45) is 2.44. The second kappa shape index (κ2) is 7.33. The molecule has 1 N–H and O–H groups in total. The summed E-state index contributed by atoms with van der Waals surface area (Å²) in [4.78, 5) is 11.5. The topological polar surface area (TPSA) is 50.3 Å². The van der Waals surface area contributed by atoms with E-state index in [1.54, 1.807) is 14.0 Å². The molecule has 0 spiro atoms. The zero-order valence-corrected chi connectivity index (χ0v) is 14.2. The van der Waals surface area contributed by atoms with Crippen molar-refractivity contribution in [2.75, 3.05) is 26.7 Å². The van der Waals surface area contributed by atoms with Crippen LogP contribution < -0.4 is 10.1 Å². The minimum Gasteiger partial charge on any atom is -0.479 e. The maximum atomic E-state index is 6.03. The van der Waals surface area contributed by atoms with Crippen molar-refractivity contribution in [2.24, 2.45) is 0 Å². The van der Waals surface area contributed by atoms with E-state index in [1.807, 2.05) is 0 Å². The highest BCUT2D eigenvalue weighted by molar-refractivity contribution is 7.80. The van der Waals surface area contributed by atoms with Gasteiger partial charge in [-0.15, -0.1) is 0 Å². The van der Waals surface area contributed by atoms with Gasteiger partial charge in [0.15, 0.2) is 10.8 Å². The summed E-state index contributed by atoms with van der Waals surface area (Å²) in [5, 5.41) is 3.63. The normalized spacial score (nSPS) is 18.8. The largest absolute Gasteiger partial charge is 0.479 e. The average molecular weight is 329 g/mol. The Morgan fingerprint density at radius 3 is 2.95 bits per heavy atom. The molecular weight excluding hydrogens is 308 g/mol. The fraction of sp³-hybridized carbons (Fsp3) is 0.643. The highest BCUT2D eigenvalue weighted by Crippen LogP contribution is 2.20. The van der Waals surface area contributed by atoms with Crippen LogP contribution in [0.4, 0.5) is 0 Å². The molecule has 0 bridgehead atoms. The average Bonchev–Trinajstić information content (AvgIpc) is 2.94. The van der Waals surface area contributed by atoms with E-state index in [1.165, 1.54) is 12.8 Å². The van der Waals surface area contributed by atoms with Gasteiger partial charge in [0.1, 0.15) is 4.99 Å². The number of nitrogens with one attached hydrogen (secondary N) is 1. The molecule has 1 unspecified atom stereocenters. The van der Waals surface area contributed by atoms with Crippen molar-refractivity contribution < 1.29 is 4.74 Å². The Balaban J connectivity index is 2.05. The van der Waals surface area contributed by atoms with E-state index in [9.17, 15) is 0 Å². The molecule has 5 nitrogen and oxygen atoms in total. The Hall–Kier alpha value is -0.980. The van der Waals surface area contributed by atoms with Crippen molar-refractivity contribution in [3.05, 3.63) is 16.5 Å². The number of likely N-dealkylation sites (N-methyl/N-ethyl adjacent to an activating group) is 1. The molecule has 1 fully saturated rings. The van der Waals surface area contributed by atoms with Gasteiger partial charge in [0.25, 0.3) is 0 Å². The Morgan fingerprint density at radius 1 is 1.52 bits per heavy atom. The van der Waals surface area contributed by atoms with Crippen molar-refractivity contribution in [3.8, 4) is 5.88 Å². The Bertz CT molecular complexity index is 526. The van der Waals surface area contributed by atoms with Crippen molar-refractivity contribution >= 4 is 28.8 Å². The number of hydrogen-bond donors (Lipinski definition) is 1. The summed E-state index contributed by atoms with van der Waals surface area (Å²) in [5.41, 5.74) is 1.14. The molecule has 0 aliphatic carbocycles. The monoisotopic (exact) mass is 328 g/mol. The molecule has 1 aliphatic rings. The van der Waals surface area contributed by atoms with Gasteiger partial charge in [-0.1, -0.05) is 30.7 Å². The predicted octanol–water partition coefficient (Wildman–Crippen LogP) is 2.20. The lowest BCUT2D eigenvalue weighted by Gasteiger charge is -2.23. The number of methoxy groups -OCH3 is 1. The maximum Gasteiger partial charge on any atom is 0.243 e. The fourth-order valence-corrected chi connectivity index (χ4v) is 2.95. The molecule has 7 heteroatoms. The highest BCUT2D eigenvalue weighted by Gasteiger charge is 2.23. The van der Waals surface area contributed by atoms with Crippen molar-refractivity contribution in [1.82, 2.24) is 20.2 Å². The van der Waals surface area contributed by atoms with E-state index < -0.39 is 0 Å². The molecule has 0 saturated carbocycles. The van der Waals surface area contributed by atoms with Crippen molar-refractivity contribution in [2.45, 2.75) is 32.7 Å². The number of thiocarbonyl (C=S) groups is 1. The number of halogens is 1. The van der Waals surface area contributed by atoms with Crippen LogP contribution in [0.5, 0.6) is 5.88 Å². The van der Waals surface area contributed by atoms with Gasteiger partial charge in [-0.25, -0.2) is 9.97 Å². The molecule has 1 aromatic heterocycles. The third-order valence-corrected chi connectivity index (χ3v) is 4.49. The van der Waals surface area contributed by atoms with Gasteiger partial charge in [-0.05, 0) is 32.9 Å². The SMILES string of the molecule is CCN1CCCC1CNC(=S)c1nc(Cl)c(C)nc1OC. The lowest BCUT2D eigenvalue weighted by molar-refractivity contribution is 0.267. The quantitative estimate of drug-likeness (QED) is 0.836. The first-order valence-corrected chi connectivity index (χ1v) is 7.95. The van der Waals surface area contributed by atoms with Gasteiger partial charge < -0.3 is 10.1 Å². The molecule has 0 amide bonds. The lowest BCUT2D eigenvalue weighted by atomic mass is 10.2. The molecule has 21 heavy (non-hydrogen) atoms. The van der Waals surface area contributed by atoms with Crippen molar-refractivity contribution in [1.29, 1.82) is 0 Å². The van der Waals surface area contributed by atoms with Crippen LogP contribution in [0.25, 0.3) is 0 Å². The van der Waals surface area contributed by atoms with E-state index in [0.717, 1.165) is 19.6 Å². The summed E-state index contributed by atoms with van der Waals surface area (Å²) < 4.78 is 5.25. The number of nitrogens with zero attached hydrogens (tertiary/aromatic N) is 3. The summed E-state index contributed by atoms with van der Waals surface area (Å²) in [5.74, 6) is 0.410. The van der Waals surface area contributed by atoms with Crippen LogP contribution in [0.2, 0.25) is 5.15 Å². The van der Waals surface area contributed by atoms with Crippen molar-refractivity contribution in [3.63, 3.8) is 0 Å². The van der Waals surface area contributed by atoms with Gasteiger partial charge in [-0.3, -0.25) is 4.90 Å². The first-order valence-electron chi connectivity index (χ1n) is 7.17. The van der Waals surface area contributed by atoms with Crippen LogP contribution in [-0.2, 0) is 0 Å². The number of aryl methyl sites for hydroxylation is 1. The maximum absolute atomic E-state index is 6.03. The summed E-state index contributed by atoms with van der Waals surface area (Å²) in [6, 6.07) is 0.521. The van der Waals surface area contributed by atoms with E-state index >= 15 is 0 Å². The highest BCUT2D eigenvalue weighted by atomic mass is 35.5. The summed E-state index contributed by atoms with van der Waals surface area (Å²) >= 11 is 11.5. The molecule has 0 radical (unpaired) electrons. The number of aromatic nitrogens is 2. The fourth-order valence-electron chi connectivity index (χ4n) is 2.61. The Labute approximate surface area is 136 Å². The third-order valence-electron chi connectivity index (χ3n) is 3.79. The predicted molar refractivity (Wildman–Crippen MR) is 88.3 cm³/mol. The number of rotatable bonds is 5. The zero-order valence-electron chi connectivity index (χ0n) is 12.6. The molecule has 1 aliphatic heterocycles. The number of likely N-dealkylation sites (tertiary alicyclic amines) is 1. The van der Waals surface area contributed by atoms with Crippen LogP contribution in [0.15, 0.2) is 0 Å². The molecule has 1 saturated heterocycles. The van der Waals surface area contributed by atoms with Crippen LogP contribution in [-0.4, -0.2) is 52.6 Å². The molecule has 1 aromatic rings. The van der Waals surface area contributed by atoms with Crippen LogP contribution in [0.3, 0.4) is 0 Å². The molecule has 116 valence electrons. The summed E-state index contributed by atoms with van der Waals surface area (Å²) in [6.45, 7) is 7.01. The van der Waals surface area contributed by atoms with Crippen LogP contribution >= 0.6 is 23.8 Å². The minimum absolute atomic E-state index is 0.353. The van der Waals surface area contributed by atoms with Gasteiger partial charge >= 0.3 is 0 Å². The Morgan fingerprint density at radius 2 is 2.29 bits per heavy atom. The third kappa shape index (κ3) is 3.81. The molecule has 1 atom stereocenters. The van der Waals surface area contributed by atoms with E-state index in [-0.39, 0.29) is 0 Å². The molecule has 2 heterocycles.